The van der Waals surface area contributed by atoms with Gasteiger partial charge in [-0.1, -0.05) is 0 Å². The Kier molecular flexibility index (Phi) is 4.82. The maximum Gasteiger partial charge on any atom is 0.0466 e. The number of aryl methyl sites for hydroxylation is 1. The molecule has 2 nitrogen and oxygen atoms in total. The molecule has 0 spiro atoms. The van der Waals surface area contributed by atoms with Crippen LogP contribution in [0.5, 0.6) is 0 Å². The van der Waals surface area contributed by atoms with Gasteiger partial charge in [0.1, 0.15) is 0 Å². The van der Waals surface area contributed by atoms with Gasteiger partial charge in [0, 0.05) is 17.0 Å². The summed E-state index contributed by atoms with van der Waals surface area (Å²) < 4.78 is 0. The molecule has 1 aliphatic rings. The van der Waals surface area contributed by atoms with Gasteiger partial charge in [-0.25, -0.2) is 0 Å². The Labute approximate surface area is 115 Å². The van der Waals surface area contributed by atoms with E-state index in [1.54, 1.807) is 4.88 Å². The van der Waals surface area contributed by atoms with Crippen LogP contribution < -0.4 is 5.32 Å². The van der Waals surface area contributed by atoms with Crippen LogP contribution in [0.2, 0.25) is 0 Å². The monoisotopic (exact) mass is 266 g/mol. The summed E-state index contributed by atoms with van der Waals surface area (Å²) in [6.45, 7) is 2.25. The van der Waals surface area contributed by atoms with Crippen molar-refractivity contribution in [3.05, 3.63) is 21.9 Å². The van der Waals surface area contributed by atoms with Crippen molar-refractivity contribution in [3.8, 4) is 0 Å². The maximum atomic E-state index is 3.43. The molecule has 3 heteroatoms. The van der Waals surface area contributed by atoms with Crippen molar-refractivity contribution in [1.29, 1.82) is 0 Å². The van der Waals surface area contributed by atoms with Gasteiger partial charge in [-0.15, -0.1) is 11.3 Å². The molecule has 18 heavy (non-hydrogen) atoms. The van der Waals surface area contributed by atoms with Crippen molar-refractivity contribution in [2.45, 2.75) is 44.7 Å². The number of nitrogens with one attached hydrogen (secondary N) is 1. The lowest BCUT2D eigenvalue weighted by atomic mass is 9.80. The van der Waals surface area contributed by atoms with Crippen LogP contribution in [0.3, 0.4) is 0 Å². The van der Waals surface area contributed by atoms with E-state index in [-0.39, 0.29) is 0 Å². The predicted octanol–water partition coefficient (Wildman–Crippen LogP) is 3.44. The quantitative estimate of drug-likeness (QED) is 0.898. The molecule has 0 radical (unpaired) electrons. The van der Waals surface area contributed by atoms with Crippen LogP contribution in [0.1, 0.15) is 42.2 Å². The van der Waals surface area contributed by atoms with Crippen molar-refractivity contribution in [3.63, 3.8) is 0 Å². The number of hydrogen-bond acceptors (Lipinski definition) is 3. The second kappa shape index (κ2) is 6.18. The highest BCUT2D eigenvalue weighted by atomic mass is 32.1. The minimum Gasteiger partial charge on any atom is -0.317 e. The Morgan fingerprint density at radius 1 is 1.28 bits per heavy atom. The summed E-state index contributed by atoms with van der Waals surface area (Å²) in [5, 5.41) is 5.66. The molecular formula is C15H26N2S. The van der Waals surface area contributed by atoms with Gasteiger partial charge in [-0.05, 0) is 76.7 Å². The molecule has 0 amide bonds. The molecule has 1 aliphatic carbocycles. The molecule has 1 heterocycles. The van der Waals surface area contributed by atoms with E-state index in [4.69, 9.17) is 0 Å². The smallest absolute Gasteiger partial charge is 0.0466 e. The Bertz CT molecular complexity index is 364. The van der Waals surface area contributed by atoms with Gasteiger partial charge in [0.25, 0.3) is 0 Å². The first-order valence-electron chi connectivity index (χ1n) is 7.01. The topological polar surface area (TPSA) is 15.3 Å². The number of hydrogen-bond donors (Lipinski definition) is 1. The molecule has 0 bridgehead atoms. The Morgan fingerprint density at radius 3 is 2.39 bits per heavy atom. The lowest BCUT2D eigenvalue weighted by Crippen LogP contribution is -2.35. The molecule has 2 rings (SSSR count). The lowest BCUT2D eigenvalue weighted by Gasteiger charge is -2.37. The van der Waals surface area contributed by atoms with Crippen LogP contribution in [-0.4, -0.2) is 32.1 Å². The standard InChI is InChI=1S/C15H26N2S/c1-11-9-10-18-15(11)14(17(3)4)12-5-7-13(16-2)8-6-12/h9-10,12-14,16H,5-8H2,1-4H3. The van der Waals surface area contributed by atoms with E-state index >= 15 is 0 Å². The predicted molar refractivity (Wildman–Crippen MR) is 80.3 cm³/mol. The first-order chi connectivity index (χ1) is 8.63. The second-order valence-corrected chi connectivity index (χ2v) is 6.72. The van der Waals surface area contributed by atoms with Crippen LogP contribution in [0.25, 0.3) is 0 Å². The van der Waals surface area contributed by atoms with Crippen LogP contribution in [0.4, 0.5) is 0 Å². The molecule has 1 aromatic heterocycles. The summed E-state index contributed by atoms with van der Waals surface area (Å²) in [7, 11) is 6.56. The zero-order chi connectivity index (χ0) is 13.1. The summed E-state index contributed by atoms with van der Waals surface area (Å²) >= 11 is 1.93. The first kappa shape index (κ1) is 14.0. The Hall–Kier alpha value is -0.380. The normalized spacial score (nSPS) is 26.5. The minimum absolute atomic E-state index is 0.614. The van der Waals surface area contributed by atoms with Crippen LogP contribution in [0, 0.1) is 12.8 Å². The summed E-state index contributed by atoms with van der Waals surface area (Å²) in [6.07, 6.45) is 5.36. The van der Waals surface area contributed by atoms with Crippen molar-refractivity contribution in [2.75, 3.05) is 21.1 Å². The van der Waals surface area contributed by atoms with E-state index in [1.807, 2.05) is 11.3 Å². The average molecular weight is 266 g/mol. The van der Waals surface area contributed by atoms with Crippen molar-refractivity contribution >= 4 is 11.3 Å². The van der Waals surface area contributed by atoms with Gasteiger partial charge >= 0.3 is 0 Å². The highest BCUT2D eigenvalue weighted by Gasteiger charge is 2.30. The number of thiophene rings is 1. The molecule has 0 aliphatic heterocycles. The van der Waals surface area contributed by atoms with E-state index < -0.39 is 0 Å². The molecule has 1 fully saturated rings. The van der Waals surface area contributed by atoms with Crippen LogP contribution in [0.15, 0.2) is 11.4 Å². The molecule has 0 saturated heterocycles. The van der Waals surface area contributed by atoms with Crippen molar-refractivity contribution in [2.24, 2.45) is 5.92 Å². The first-order valence-corrected chi connectivity index (χ1v) is 7.89. The van der Waals surface area contributed by atoms with Gasteiger partial charge in [0.05, 0.1) is 0 Å². The summed E-state index contributed by atoms with van der Waals surface area (Å²) in [6, 6.07) is 3.62. The number of rotatable bonds is 4. The largest absolute Gasteiger partial charge is 0.317 e. The zero-order valence-electron chi connectivity index (χ0n) is 12.1. The molecule has 1 aromatic rings. The molecule has 1 saturated carbocycles. The van der Waals surface area contributed by atoms with E-state index in [9.17, 15) is 0 Å². The van der Waals surface area contributed by atoms with Gasteiger partial charge in [-0.3, -0.25) is 0 Å². The molecule has 1 atom stereocenters. The highest BCUT2D eigenvalue weighted by molar-refractivity contribution is 7.10. The van der Waals surface area contributed by atoms with Gasteiger partial charge in [0.2, 0.25) is 0 Å². The third kappa shape index (κ3) is 2.95. The lowest BCUT2D eigenvalue weighted by molar-refractivity contribution is 0.161. The molecule has 1 N–H and O–H groups in total. The Balaban J connectivity index is 2.10. The highest BCUT2D eigenvalue weighted by Crippen LogP contribution is 2.40. The van der Waals surface area contributed by atoms with Crippen molar-refractivity contribution in [1.82, 2.24) is 10.2 Å². The fourth-order valence-electron chi connectivity index (χ4n) is 3.28. The van der Waals surface area contributed by atoms with E-state index in [2.05, 4.69) is 49.7 Å². The molecule has 1 unspecified atom stereocenters. The van der Waals surface area contributed by atoms with E-state index in [1.165, 1.54) is 31.2 Å². The van der Waals surface area contributed by atoms with Gasteiger partial charge in [0.15, 0.2) is 0 Å². The van der Waals surface area contributed by atoms with Crippen LogP contribution >= 0.6 is 11.3 Å². The van der Waals surface area contributed by atoms with Crippen molar-refractivity contribution < 1.29 is 0 Å². The minimum atomic E-state index is 0.614. The molecule has 0 aromatic carbocycles. The summed E-state index contributed by atoms with van der Waals surface area (Å²) in [5.41, 5.74) is 1.47. The second-order valence-electron chi connectivity index (χ2n) is 5.78. The summed E-state index contributed by atoms with van der Waals surface area (Å²) in [5.74, 6) is 0.821. The fraction of sp³-hybridized carbons (Fsp3) is 0.733. The van der Waals surface area contributed by atoms with Crippen LogP contribution in [-0.2, 0) is 0 Å². The molecular weight excluding hydrogens is 240 g/mol. The third-order valence-corrected chi connectivity index (χ3v) is 5.44. The Morgan fingerprint density at radius 2 is 1.94 bits per heavy atom. The SMILES string of the molecule is CNC1CCC(C(c2sccc2C)N(C)C)CC1. The summed E-state index contributed by atoms with van der Waals surface area (Å²) in [4.78, 5) is 4.00. The van der Waals surface area contributed by atoms with E-state index in [0.717, 1.165) is 12.0 Å². The average Bonchev–Trinajstić information content (AvgIpc) is 2.76. The maximum absolute atomic E-state index is 3.43. The number of nitrogens with zero attached hydrogens (tertiary/aromatic N) is 1. The fourth-order valence-corrected chi connectivity index (χ4v) is 4.50. The zero-order valence-corrected chi connectivity index (χ0v) is 12.9. The van der Waals surface area contributed by atoms with Gasteiger partial charge in [-0.2, -0.15) is 0 Å². The van der Waals surface area contributed by atoms with E-state index in [0.29, 0.717) is 6.04 Å². The van der Waals surface area contributed by atoms with Gasteiger partial charge < -0.3 is 10.2 Å². The molecule has 102 valence electrons. The third-order valence-electron chi connectivity index (χ3n) is 4.35.